The molecule has 2 rings (SSSR count). The van der Waals surface area contributed by atoms with Crippen LogP contribution in [0, 0.1) is 13.8 Å². The lowest BCUT2D eigenvalue weighted by molar-refractivity contribution is -0.0406. The van der Waals surface area contributed by atoms with E-state index >= 15 is 0 Å². The number of aromatic nitrogens is 2. The van der Waals surface area contributed by atoms with Gasteiger partial charge < -0.3 is 5.73 Å². The number of pyridine rings is 2. The Balaban J connectivity index is 2.11. The van der Waals surface area contributed by atoms with Gasteiger partial charge in [-0.2, -0.15) is 0 Å². The van der Waals surface area contributed by atoms with E-state index in [9.17, 15) is 10.0 Å². The van der Waals surface area contributed by atoms with Crippen molar-refractivity contribution in [2.75, 3.05) is 13.1 Å². The van der Waals surface area contributed by atoms with E-state index in [1.54, 1.807) is 0 Å². The minimum atomic E-state index is -0.823. The third-order valence-corrected chi connectivity index (χ3v) is 4.97. The molecule has 0 spiro atoms. The molecule has 2 aromatic heterocycles. The van der Waals surface area contributed by atoms with Gasteiger partial charge in [-0.15, -0.1) is 0 Å². The molecular weight excluding hydrogens is 366 g/mol. The normalized spacial score (nSPS) is 11.3. The Hall–Kier alpha value is -2.51. The quantitative estimate of drug-likeness (QED) is 0.360. The van der Waals surface area contributed by atoms with Crippen molar-refractivity contribution < 1.29 is 10.0 Å². The van der Waals surface area contributed by atoms with Gasteiger partial charge in [-0.1, -0.05) is 26.0 Å². The zero-order valence-electron chi connectivity index (χ0n) is 17.9. The second-order valence-electron chi connectivity index (χ2n) is 7.85. The molecule has 0 radical (unpaired) electrons. The average molecular weight is 400 g/mol. The third kappa shape index (κ3) is 7.11. The molecule has 0 aromatic carbocycles. The number of urea groups is 1. The van der Waals surface area contributed by atoms with Crippen LogP contribution in [0.1, 0.15) is 60.7 Å². The fourth-order valence-electron chi connectivity index (χ4n) is 3.36. The Labute approximate surface area is 173 Å². The maximum absolute atomic E-state index is 10.9. The number of hydrogen-bond acceptors (Lipinski definition) is 5. The van der Waals surface area contributed by atoms with E-state index in [4.69, 9.17) is 5.73 Å². The highest BCUT2D eigenvalue weighted by Crippen LogP contribution is 2.20. The predicted octanol–water partition coefficient (Wildman–Crippen LogP) is 3.77. The van der Waals surface area contributed by atoms with Crippen molar-refractivity contribution >= 4 is 6.03 Å². The first-order valence-electron chi connectivity index (χ1n) is 10.1. The van der Waals surface area contributed by atoms with Crippen molar-refractivity contribution in [1.29, 1.82) is 0 Å². The van der Waals surface area contributed by atoms with Crippen LogP contribution in [0.4, 0.5) is 4.79 Å². The second-order valence-corrected chi connectivity index (χ2v) is 7.85. The van der Waals surface area contributed by atoms with Gasteiger partial charge in [0.2, 0.25) is 0 Å². The summed E-state index contributed by atoms with van der Waals surface area (Å²) in [7, 11) is 0. The number of aryl methyl sites for hydroxylation is 2. The number of amides is 2. The number of unbranched alkanes of at least 4 members (excludes halogenated alkanes) is 1. The van der Waals surface area contributed by atoms with Crippen LogP contribution < -0.4 is 5.73 Å². The Morgan fingerprint density at radius 3 is 2.48 bits per heavy atom. The highest BCUT2D eigenvalue weighted by Gasteiger charge is 2.15. The molecule has 0 saturated heterocycles. The number of nitrogens with zero attached hydrogens (tertiary/aromatic N) is 4. The Kier molecular flexibility index (Phi) is 8.54. The molecule has 0 atom stereocenters. The molecule has 0 aliphatic carbocycles. The first kappa shape index (κ1) is 22.8. The number of hydrogen-bond donors (Lipinski definition) is 2. The third-order valence-electron chi connectivity index (χ3n) is 4.97. The molecule has 0 fully saturated rings. The number of carbonyl (C=O) groups excluding carboxylic acids is 1. The van der Waals surface area contributed by atoms with Gasteiger partial charge in [0.05, 0.1) is 17.9 Å². The van der Waals surface area contributed by atoms with E-state index in [-0.39, 0.29) is 6.54 Å². The lowest BCUT2D eigenvalue weighted by Crippen LogP contribution is -2.34. The minimum absolute atomic E-state index is 0.228. The molecule has 2 amide bonds. The number of primary amides is 1. The monoisotopic (exact) mass is 399 g/mol. The van der Waals surface area contributed by atoms with Crippen molar-refractivity contribution in [3.63, 3.8) is 0 Å². The van der Waals surface area contributed by atoms with Crippen molar-refractivity contribution in [3.8, 4) is 0 Å². The minimum Gasteiger partial charge on any atom is -0.350 e. The fraction of sp³-hybridized carbons (Fsp3) is 0.500. The van der Waals surface area contributed by atoms with Gasteiger partial charge in [0, 0.05) is 25.5 Å². The summed E-state index contributed by atoms with van der Waals surface area (Å²) in [6.45, 7) is 11.0. The van der Waals surface area contributed by atoms with Crippen molar-refractivity contribution in [3.05, 3.63) is 58.7 Å². The molecule has 2 aromatic rings. The molecule has 7 heteroatoms. The van der Waals surface area contributed by atoms with E-state index in [2.05, 4.69) is 47.8 Å². The van der Waals surface area contributed by atoms with Crippen LogP contribution in [0.25, 0.3) is 0 Å². The number of rotatable bonds is 10. The highest BCUT2D eigenvalue weighted by molar-refractivity contribution is 5.70. The molecule has 7 nitrogen and oxygen atoms in total. The molecule has 158 valence electrons. The molecule has 29 heavy (non-hydrogen) atoms. The van der Waals surface area contributed by atoms with Crippen LogP contribution in [0.5, 0.6) is 0 Å². The Morgan fingerprint density at radius 1 is 1.14 bits per heavy atom. The predicted molar refractivity (Wildman–Crippen MR) is 113 cm³/mol. The highest BCUT2D eigenvalue weighted by atomic mass is 16.5. The van der Waals surface area contributed by atoms with E-state index in [1.165, 1.54) is 11.1 Å². The Morgan fingerprint density at radius 2 is 1.83 bits per heavy atom. The molecular formula is C22H33N5O2. The van der Waals surface area contributed by atoms with Gasteiger partial charge in [0.15, 0.2) is 0 Å². The van der Waals surface area contributed by atoms with Gasteiger partial charge in [-0.25, -0.2) is 9.86 Å². The molecule has 0 bridgehead atoms. The van der Waals surface area contributed by atoms with Crippen molar-refractivity contribution in [1.82, 2.24) is 19.9 Å². The molecule has 0 unspecified atom stereocenters. The summed E-state index contributed by atoms with van der Waals surface area (Å²) in [4.78, 5) is 22.5. The van der Waals surface area contributed by atoms with E-state index in [0.29, 0.717) is 17.4 Å². The molecule has 0 aliphatic heterocycles. The lowest BCUT2D eigenvalue weighted by Gasteiger charge is -2.24. The van der Waals surface area contributed by atoms with Crippen LogP contribution in [-0.4, -0.2) is 44.3 Å². The zero-order chi connectivity index (χ0) is 21.4. The van der Waals surface area contributed by atoms with Gasteiger partial charge in [0.1, 0.15) is 0 Å². The number of hydroxylamine groups is 2. The molecule has 3 N–H and O–H groups in total. The smallest absolute Gasteiger partial charge is 0.338 e. The van der Waals surface area contributed by atoms with E-state index in [1.807, 2.05) is 25.4 Å². The number of carbonyl (C=O) groups is 1. The summed E-state index contributed by atoms with van der Waals surface area (Å²) in [6.07, 6.45) is 5.22. The summed E-state index contributed by atoms with van der Waals surface area (Å²) in [5, 5.41) is 10.0. The number of nitrogens with two attached hydrogens (primary N) is 1. The van der Waals surface area contributed by atoms with Gasteiger partial charge >= 0.3 is 6.03 Å². The summed E-state index contributed by atoms with van der Waals surface area (Å²) >= 11 is 0. The SMILES string of the molecule is Cc1cnc(CN(CCCCN(O)C(N)=O)Cc2ncccc2C(C)C)c(C)c1. The zero-order valence-corrected chi connectivity index (χ0v) is 17.9. The second kappa shape index (κ2) is 10.9. The Bertz CT molecular complexity index is 810. The van der Waals surface area contributed by atoms with Gasteiger partial charge in [-0.3, -0.25) is 20.1 Å². The van der Waals surface area contributed by atoms with Crippen LogP contribution in [0.2, 0.25) is 0 Å². The molecule has 0 aliphatic rings. The van der Waals surface area contributed by atoms with Crippen LogP contribution in [0.3, 0.4) is 0 Å². The topological polar surface area (TPSA) is 95.6 Å². The summed E-state index contributed by atoms with van der Waals surface area (Å²) in [5.74, 6) is 0.401. The maximum atomic E-state index is 10.9. The first-order chi connectivity index (χ1) is 13.8. The average Bonchev–Trinajstić information content (AvgIpc) is 2.67. The standard InChI is InChI=1S/C22H33N5O2/c1-16(2)19-8-7-9-24-21(19)15-26(10-5-6-11-27(29)22(23)28)14-20-18(4)12-17(3)13-25-20/h7-9,12-13,16,29H,5-6,10-11,14-15H2,1-4H3,(H2,23,28). The summed E-state index contributed by atoms with van der Waals surface area (Å²) in [6, 6.07) is 5.44. The van der Waals surface area contributed by atoms with Crippen LogP contribution >= 0.6 is 0 Å². The van der Waals surface area contributed by atoms with Crippen molar-refractivity contribution in [2.45, 2.75) is 59.5 Å². The van der Waals surface area contributed by atoms with Crippen LogP contribution in [-0.2, 0) is 13.1 Å². The summed E-state index contributed by atoms with van der Waals surface area (Å²) < 4.78 is 0. The lowest BCUT2D eigenvalue weighted by atomic mass is 10.0. The van der Waals surface area contributed by atoms with E-state index < -0.39 is 6.03 Å². The molecule has 2 heterocycles. The summed E-state index contributed by atoms with van der Waals surface area (Å²) in [5.41, 5.74) is 10.8. The van der Waals surface area contributed by atoms with Crippen LogP contribution in [0.15, 0.2) is 30.6 Å². The van der Waals surface area contributed by atoms with Gasteiger partial charge in [-0.05, 0) is 61.9 Å². The van der Waals surface area contributed by atoms with Gasteiger partial charge in [0.25, 0.3) is 0 Å². The first-order valence-corrected chi connectivity index (χ1v) is 10.1. The largest absolute Gasteiger partial charge is 0.350 e. The maximum Gasteiger partial charge on any atom is 0.338 e. The van der Waals surface area contributed by atoms with Crippen molar-refractivity contribution in [2.24, 2.45) is 5.73 Å². The fourth-order valence-corrected chi connectivity index (χ4v) is 3.36. The molecule has 0 saturated carbocycles. The van der Waals surface area contributed by atoms with E-state index in [0.717, 1.165) is 43.0 Å².